The summed E-state index contributed by atoms with van der Waals surface area (Å²) in [6.07, 6.45) is 1.91. The lowest BCUT2D eigenvalue weighted by molar-refractivity contribution is -0.143. The zero-order valence-electron chi connectivity index (χ0n) is 9.77. The minimum absolute atomic E-state index is 0.244. The largest absolute Gasteiger partial charge is 0.497 e. The van der Waals surface area contributed by atoms with E-state index in [1.165, 1.54) is 0 Å². The molecule has 0 aliphatic heterocycles. The Morgan fingerprint density at radius 2 is 2.29 bits per heavy atom. The van der Waals surface area contributed by atoms with Gasteiger partial charge in [-0.3, -0.25) is 4.79 Å². The molecule has 1 aromatic rings. The molecule has 0 saturated heterocycles. The Kier molecular flexibility index (Phi) is 3.07. The predicted octanol–water partition coefficient (Wildman–Crippen LogP) is 1.69. The number of aryl methyl sites for hydroxylation is 1. The number of aliphatic hydroxyl groups is 1. The number of hydrogen-bond donors (Lipinski definition) is 2. The van der Waals surface area contributed by atoms with Gasteiger partial charge in [-0.25, -0.2) is 0 Å². The van der Waals surface area contributed by atoms with Crippen LogP contribution in [0.3, 0.4) is 0 Å². The number of benzene rings is 1. The second-order valence-electron chi connectivity index (χ2n) is 4.48. The number of hydrogen-bond acceptors (Lipinski definition) is 3. The van der Waals surface area contributed by atoms with Crippen LogP contribution in [-0.4, -0.2) is 23.3 Å². The molecule has 1 atom stereocenters. The third kappa shape index (κ3) is 2.26. The fraction of sp³-hybridized carbons (Fsp3) is 0.462. The Morgan fingerprint density at radius 3 is 2.94 bits per heavy atom. The first-order valence-electron chi connectivity index (χ1n) is 5.67. The van der Waals surface area contributed by atoms with Gasteiger partial charge in [0.05, 0.1) is 13.5 Å². The minimum atomic E-state index is -1.23. The van der Waals surface area contributed by atoms with E-state index < -0.39 is 11.6 Å². The van der Waals surface area contributed by atoms with Gasteiger partial charge in [-0.15, -0.1) is 0 Å². The van der Waals surface area contributed by atoms with Crippen LogP contribution in [0.25, 0.3) is 0 Å². The van der Waals surface area contributed by atoms with Crippen LogP contribution in [0.2, 0.25) is 0 Å². The van der Waals surface area contributed by atoms with Gasteiger partial charge in [0.25, 0.3) is 0 Å². The normalized spacial score (nSPS) is 22.9. The highest BCUT2D eigenvalue weighted by Gasteiger charge is 2.36. The van der Waals surface area contributed by atoms with Gasteiger partial charge in [-0.1, -0.05) is 6.07 Å². The quantitative estimate of drug-likeness (QED) is 0.838. The first-order valence-corrected chi connectivity index (χ1v) is 5.67. The van der Waals surface area contributed by atoms with E-state index in [1.54, 1.807) is 19.2 Å². The number of carboxylic acid groups (broad SMARTS) is 1. The van der Waals surface area contributed by atoms with Crippen molar-refractivity contribution in [1.82, 2.24) is 0 Å². The van der Waals surface area contributed by atoms with Gasteiger partial charge < -0.3 is 14.9 Å². The summed E-state index contributed by atoms with van der Waals surface area (Å²) in [5.41, 5.74) is 0.484. The molecule has 0 heterocycles. The third-order valence-electron chi connectivity index (χ3n) is 3.29. The molecule has 1 aromatic carbocycles. The van der Waals surface area contributed by atoms with Crippen LogP contribution in [0.15, 0.2) is 18.2 Å². The molecule has 1 aliphatic rings. The number of rotatable bonds is 3. The lowest BCUT2D eigenvalue weighted by atomic mass is 9.77. The maximum atomic E-state index is 10.8. The smallest absolute Gasteiger partial charge is 0.306 e. The summed E-state index contributed by atoms with van der Waals surface area (Å²) in [5.74, 6) is -0.237. The average molecular weight is 236 g/mol. The Labute approximate surface area is 99.8 Å². The third-order valence-corrected chi connectivity index (χ3v) is 3.29. The molecule has 0 fully saturated rings. The van der Waals surface area contributed by atoms with E-state index in [0.717, 1.165) is 29.7 Å². The van der Waals surface area contributed by atoms with Crippen molar-refractivity contribution in [3.8, 4) is 5.75 Å². The number of ether oxygens (including phenoxy) is 1. The molecular formula is C13H16O4. The Hall–Kier alpha value is -1.55. The molecule has 1 unspecified atom stereocenters. The lowest BCUT2D eigenvalue weighted by Crippen LogP contribution is -2.33. The van der Waals surface area contributed by atoms with Gasteiger partial charge in [0.2, 0.25) is 0 Å². The van der Waals surface area contributed by atoms with Gasteiger partial charge in [0.15, 0.2) is 0 Å². The van der Waals surface area contributed by atoms with Gasteiger partial charge in [0, 0.05) is 0 Å². The first-order chi connectivity index (χ1) is 8.05. The molecule has 0 bridgehead atoms. The highest BCUT2D eigenvalue weighted by Crippen LogP contribution is 2.39. The molecule has 0 amide bonds. The maximum absolute atomic E-state index is 10.8. The fourth-order valence-corrected chi connectivity index (χ4v) is 2.50. The zero-order chi connectivity index (χ0) is 12.5. The number of methoxy groups -OCH3 is 1. The maximum Gasteiger partial charge on any atom is 0.306 e. The zero-order valence-corrected chi connectivity index (χ0v) is 9.77. The van der Waals surface area contributed by atoms with E-state index >= 15 is 0 Å². The van der Waals surface area contributed by atoms with E-state index in [4.69, 9.17) is 9.84 Å². The molecular weight excluding hydrogens is 220 g/mol. The lowest BCUT2D eigenvalue weighted by Gasteiger charge is -2.33. The van der Waals surface area contributed by atoms with Crippen LogP contribution in [0.4, 0.5) is 0 Å². The van der Waals surface area contributed by atoms with Gasteiger partial charge in [0.1, 0.15) is 11.4 Å². The Morgan fingerprint density at radius 1 is 1.53 bits per heavy atom. The number of fused-ring (bicyclic) bond motifs is 1. The van der Waals surface area contributed by atoms with E-state index in [9.17, 15) is 9.90 Å². The van der Waals surface area contributed by atoms with E-state index in [2.05, 4.69) is 0 Å². The number of aliphatic carboxylic acids is 1. The van der Waals surface area contributed by atoms with Gasteiger partial charge >= 0.3 is 5.97 Å². The van der Waals surface area contributed by atoms with Crippen LogP contribution in [0.5, 0.6) is 5.75 Å². The van der Waals surface area contributed by atoms with Crippen LogP contribution < -0.4 is 4.74 Å². The highest BCUT2D eigenvalue weighted by atomic mass is 16.5. The van der Waals surface area contributed by atoms with Crippen molar-refractivity contribution < 1.29 is 19.7 Å². The molecule has 2 rings (SSSR count). The molecule has 0 saturated carbocycles. The van der Waals surface area contributed by atoms with Crippen molar-refractivity contribution in [3.63, 3.8) is 0 Å². The van der Waals surface area contributed by atoms with Crippen molar-refractivity contribution in [2.75, 3.05) is 7.11 Å². The molecule has 4 nitrogen and oxygen atoms in total. The standard InChI is InChI=1S/C13H16O4/c1-17-10-4-5-11-9(7-10)3-2-6-13(11,16)8-12(14)15/h4-5,7,16H,2-3,6,8H2,1H3,(H,14,15). The summed E-state index contributed by atoms with van der Waals surface area (Å²) < 4.78 is 5.13. The molecule has 92 valence electrons. The van der Waals surface area contributed by atoms with E-state index in [1.807, 2.05) is 6.07 Å². The van der Waals surface area contributed by atoms with Crippen LogP contribution in [-0.2, 0) is 16.8 Å². The topological polar surface area (TPSA) is 66.8 Å². The summed E-state index contributed by atoms with van der Waals surface area (Å²) in [7, 11) is 1.59. The monoisotopic (exact) mass is 236 g/mol. The first kappa shape index (κ1) is 11.9. The number of carbonyl (C=O) groups is 1. The van der Waals surface area contributed by atoms with Crippen LogP contribution in [0.1, 0.15) is 30.4 Å². The fourth-order valence-electron chi connectivity index (χ4n) is 2.50. The van der Waals surface area contributed by atoms with Crippen molar-refractivity contribution in [1.29, 1.82) is 0 Å². The predicted molar refractivity (Wildman–Crippen MR) is 62.1 cm³/mol. The second-order valence-corrected chi connectivity index (χ2v) is 4.48. The van der Waals surface area contributed by atoms with Crippen LogP contribution in [0, 0.1) is 0 Å². The summed E-state index contributed by atoms with van der Waals surface area (Å²) in [4.78, 5) is 10.8. The van der Waals surface area contributed by atoms with Gasteiger partial charge in [-0.2, -0.15) is 0 Å². The molecule has 4 heteroatoms. The number of carboxylic acids is 1. The molecule has 0 spiro atoms. The molecule has 2 N–H and O–H groups in total. The van der Waals surface area contributed by atoms with Crippen LogP contribution >= 0.6 is 0 Å². The Bertz CT molecular complexity index is 441. The molecule has 0 radical (unpaired) electrons. The summed E-state index contributed by atoms with van der Waals surface area (Å²) in [6.45, 7) is 0. The molecule has 0 aromatic heterocycles. The van der Waals surface area contributed by atoms with E-state index in [-0.39, 0.29) is 6.42 Å². The summed E-state index contributed by atoms with van der Waals surface area (Å²) >= 11 is 0. The molecule has 17 heavy (non-hydrogen) atoms. The van der Waals surface area contributed by atoms with Crippen molar-refractivity contribution >= 4 is 5.97 Å². The van der Waals surface area contributed by atoms with Crippen molar-refractivity contribution in [2.45, 2.75) is 31.3 Å². The molecule has 1 aliphatic carbocycles. The SMILES string of the molecule is COc1ccc2c(c1)CCCC2(O)CC(=O)O. The minimum Gasteiger partial charge on any atom is -0.497 e. The van der Waals surface area contributed by atoms with Crippen molar-refractivity contribution in [3.05, 3.63) is 29.3 Å². The second kappa shape index (κ2) is 4.37. The highest BCUT2D eigenvalue weighted by molar-refractivity contribution is 5.69. The van der Waals surface area contributed by atoms with Crippen molar-refractivity contribution in [2.24, 2.45) is 0 Å². The summed E-state index contributed by atoms with van der Waals surface area (Å²) in [6, 6.07) is 5.41. The average Bonchev–Trinajstić information content (AvgIpc) is 2.27. The summed E-state index contributed by atoms with van der Waals surface area (Å²) in [5, 5.41) is 19.3. The van der Waals surface area contributed by atoms with Gasteiger partial charge in [-0.05, 0) is 42.5 Å². The van der Waals surface area contributed by atoms with E-state index in [0.29, 0.717) is 6.42 Å². The Balaban J connectivity index is 2.40.